The Bertz CT molecular complexity index is 731. The van der Waals surface area contributed by atoms with E-state index in [2.05, 4.69) is 52.3 Å². The molecule has 6 heteroatoms. The van der Waals surface area contributed by atoms with E-state index < -0.39 is 0 Å². The van der Waals surface area contributed by atoms with Gasteiger partial charge in [0, 0.05) is 24.2 Å². The normalized spacial score (nSPS) is 11.1. The van der Waals surface area contributed by atoms with Gasteiger partial charge in [-0.05, 0) is 42.5 Å². The van der Waals surface area contributed by atoms with Crippen molar-refractivity contribution in [1.29, 1.82) is 0 Å². The molecule has 0 unspecified atom stereocenters. The van der Waals surface area contributed by atoms with Crippen molar-refractivity contribution < 1.29 is 4.79 Å². The number of benzene rings is 2. The number of hydrogen-bond donors (Lipinski definition) is 3. The number of nitrogens with zero attached hydrogens (tertiary/aromatic N) is 1. The molecule has 0 fully saturated rings. The fraction of sp³-hybridized carbons (Fsp3) is 0.263. The van der Waals surface area contributed by atoms with Gasteiger partial charge in [-0.1, -0.05) is 30.3 Å². The minimum absolute atomic E-state index is 0.116. The summed E-state index contributed by atoms with van der Waals surface area (Å²) in [5.74, 6) is 0.477. The summed E-state index contributed by atoms with van der Waals surface area (Å²) >= 11 is 1.72. The van der Waals surface area contributed by atoms with Crippen molar-refractivity contribution in [3.63, 3.8) is 0 Å². The summed E-state index contributed by atoms with van der Waals surface area (Å²) in [5.41, 5.74) is 3.23. The van der Waals surface area contributed by atoms with Gasteiger partial charge in [-0.2, -0.15) is 0 Å². The van der Waals surface area contributed by atoms with Crippen LogP contribution in [0.2, 0.25) is 0 Å². The molecule has 25 heavy (non-hydrogen) atoms. The number of carbonyl (C=O) groups is 1. The lowest BCUT2D eigenvalue weighted by Crippen LogP contribution is -2.41. The van der Waals surface area contributed by atoms with Crippen LogP contribution >= 0.6 is 11.8 Å². The van der Waals surface area contributed by atoms with E-state index in [1.807, 2.05) is 30.3 Å². The van der Waals surface area contributed by atoms with E-state index in [1.54, 1.807) is 18.8 Å². The van der Waals surface area contributed by atoms with Gasteiger partial charge >= 0.3 is 0 Å². The Hall–Kier alpha value is -2.47. The highest BCUT2D eigenvalue weighted by Crippen LogP contribution is 2.21. The zero-order valence-electron chi connectivity index (χ0n) is 14.8. The first-order valence-electron chi connectivity index (χ1n) is 8.05. The number of amides is 1. The summed E-state index contributed by atoms with van der Waals surface area (Å²) in [6.45, 7) is 2.89. The predicted molar refractivity (Wildman–Crippen MR) is 106 cm³/mol. The van der Waals surface area contributed by atoms with Crippen molar-refractivity contribution in [2.75, 3.05) is 25.2 Å². The molecule has 0 spiro atoms. The zero-order valence-corrected chi connectivity index (χ0v) is 15.6. The summed E-state index contributed by atoms with van der Waals surface area (Å²) in [4.78, 5) is 17.4. The third kappa shape index (κ3) is 6.15. The monoisotopic (exact) mass is 356 g/mol. The minimum Gasteiger partial charge on any atom is -0.352 e. The van der Waals surface area contributed by atoms with Gasteiger partial charge in [0.15, 0.2) is 5.96 Å². The maximum atomic E-state index is 12.0. The van der Waals surface area contributed by atoms with Gasteiger partial charge < -0.3 is 16.0 Å². The van der Waals surface area contributed by atoms with Crippen LogP contribution in [0.1, 0.15) is 11.1 Å². The molecular formula is C19H24N4OS. The molecule has 0 aliphatic rings. The number of aryl methyl sites for hydroxylation is 1. The number of nitrogens with one attached hydrogen (secondary N) is 3. The molecule has 0 aromatic heterocycles. The van der Waals surface area contributed by atoms with Gasteiger partial charge in [0.05, 0.1) is 6.54 Å². The summed E-state index contributed by atoms with van der Waals surface area (Å²) in [6.07, 6.45) is 2.07. The van der Waals surface area contributed by atoms with Crippen LogP contribution in [0.15, 0.2) is 58.4 Å². The van der Waals surface area contributed by atoms with Gasteiger partial charge in [0.25, 0.3) is 0 Å². The predicted octanol–water partition coefficient (Wildman–Crippen LogP) is 3.02. The van der Waals surface area contributed by atoms with Crippen molar-refractivity contribution in [3.8, 4) is 0 Å². The topological polar surface area (TPSA) is 65.5 Å². The molecule has 0 aliphatic heterocycles. The lowest BCUT2D eigenvalue weighted by atomic mass is 10.1. The smallest absolute Gasteiger partial charge is 0.243 e. The first-order chi connectivity index (χ1) is 12.1. The largest absolute Gasteiger partial charge is 0.352 e. The highest BCUT2D eigenvalue weighted by Gasteiger charge is 2.06. The van der Waals surface area contributed by atoms with E-state index in [0.717, 1.165) is 5.69 Å². The maximum Gasteiger partial charge on any atom is 0.243 e. The second-order valence-electron chi connectivity index (χ2n) is 5.51. The van der Waals surface area contributed by atoms with Gasteiger partial charge in [0.2, 0.25) is 5.91 Å². The molecular weight excluding hydrogens is 332 g/mol. The van der Waals surface area contributed by atoms with E-state index in [-0.39, 0.29) is 12.5 Å². The van der Waals surface area contributed by atoms with Crippen molar-refractivity contribution in [1.82, 2.24) is 10.6 Å². The Morgan fingerprint density at radius 1 is 1.12 bits per heavy atom. The van der Waals surface area contributed by atoms with E-state index in [9.17, 15) is 4.79 Å². The van der Waals surface area contributed by atoms with E-state index >= 15 is 0 Å². The fourth-order valence-electron chi connectivity index (χ4n) is 2.29. The van der Waals surface area contributed by atoms with E-state index in [4.69, 9.17) is 0 Å². The number of guanidine groups is 1. The molecule has 0 aliphatic carbocycles. The molecule has 0 bridgehead atoms. The van der Waals surface area contributed by atoms with Crippen LogP contribution in [0.4, 0.5) is 5.69 Å². The van der Waals surface area contributed by atoms with Gasteiger partial charge in [-0.25, -0.2) is 0 Å². The van der Waals surface area contributed by atoms with Gasteiger partial charge in [-0.3, -0.25) is 9.79 Å². The van der Waals surface area contributed by atoms with Gasteiger partial charge in [0.1, 0.15) is 0 Å². The average Bonchev–Trinajstić information content (AvgIpc) is 2.63. The quantitative estimate of drug-likeness (QED) is 0.423. The number of thioether (sulfide) groups is 1. The summed E-state index contributed by atoms with van der Waals surface area (Å²) in [6, 6.07) is 15.8. The minimum atomic E-state index is -0.116. The summed E-state index contributed by atoms with van der Waals surface area (Å²) < 4.78 is 0. The number of para-hydroxylation sites is 1. The molecule has 0 radical (unpaired) electrons. The van der Waals surface area contributed by atoms with Crippen molar-refractivity contribution in [2.24, 2.45) is 4.99 Å². The molecule has 2 aromatic carbocycles. The Morgan fingerprint density at radius 2 is 1.88 bits per heavy atom. The van der Waals surface area contributed by atoms with Crippen molar-refractivity contribution in [2.45, 2.75) is 18.4 Å². The van der Waals surface area contributed by atoms with Crippen LogP contribution in [-0.4, -0.2) is 31.7 Å². The van der Waals surface area contributed by atoms with Crippen molar-refractivity contribution in [3.05, 3.63) is 59.7 Å². The highest BCUT2D eigenvalue weighted by atomic mass is 32.2. The molecule has 1 amide bonds. The number of hydrogen-bond acceptors (Lipinski definition) is 3. The summed E-state index contributed by atoms with van der Waals surface area (Å²) in [7, 11) is 1.69. The Balaban J connectivity index is 1.84. The highest BCUT2D eigenvalue weighted by molar-refractivity contribution is 7.98. The number of carbonyl (C=O) groups excluding carboxylic acids is 1. The van der Waals surface area contributed by atoms with Crippen LogP contribution in [0.3, 0.4) is 0 Å². The van der Waals surface area contributed by atoms with Crippen molar-refractivity contribution >= 4 is 29.3 Å². The number of aliphatic imine (C=N–C) groups is 1. The Kier molecular flexibility index (Phi) is 7.35. The molecule has 0 atom stereocenters. The SMILES string of the molecule is CN=C(NCC(=O)Nc1ccccc1)NCc1ccc(C)cc1SC. The van der Waals surface area contributed by atoms with Gasteiger partial charge in [-0.15, -0.1) is 11.8 Å². The molecule has 5 nitrogen and oxygen atoms in total. The van der Waals surface area contributed by atoms with E-state index in [1.165, 1.54) is 16.0 Å². The number of anilines is 1. The third-order valence-corrected chi connectivity index (χ3v) is 4.41. The van der Waals surface area contributed by atoms with Crippen LogP contribution in [0, 0.1) is 6.92 Å². The summed E-state index contributed by atoms with van der Waals surface area (Å²) in [5, 5.41) is 9.11. The molecule has 2 rings (SSSR count). The molecule has 0 heterocycles. The molecule has 0 saturated heterocycles. The van der Waals surface area contributed by atoms with Crippen LogP contribution < -0.4 is 16.0 Å². The standard InChI is InChI=1S/C19H24N4OS/c1-14-9-10-15(17(11-14)25-3)12-21-19(20-2)22-13-18(24)23-16-7-5-4-6-8-16/h4-11H,12-13H2,1-3H3,(H,23,24)(H2,20,21,22). The lowest BCUT2D eigenvalue weighted by molar-refractivity contribution is -0.115. The molecule has 3 N–H and O–H groups in total. The first kappa shape index (κ1) is 18.9. The fourth-order valence-corrected chi connectivity index (χ4v) is 2.99. The number of rotatable bonds is 6. The van der Waals surface area contributed by atoms with Crippen LogP contribution in [-0.2, 0) is 11.3 Å². The first-order valence-corrected chi connectivity index (χ1v) is 9.27. The Labute approximate surface area is 153 Å². The molecule has 0 saturated carbocycles. The third-order valence-electron chi connectivity index (χ3n) is 3.59. The zero-order chi connectivity index (χ0) is 18.1. The maximum absolute atomic E-state index is 12.0. The second-order valence-corrected chi connectivity index (χ2v) is 6.36. The average molecular weight is 356 g/mol. The lowest BCUT2D eigenvalue weighted by Gasteiger charge is -2.14. The van der Waals surface area contributed by atoms with E-state index in [0.29, 0.717) is 12.5 Å². The van der Waals surface area contributed by atoms with Crippen LogP contribution in [0.25, 0.3) is 0 Å². The molecule has 132 valence electrons. The Morgan fingerprint density at radius 3 is 2.56 bits per heavy atom. The van der Waals surface area contributed by atoms with Crippen LogP contribution in [0.5, 0.6) is 0 Å². The second kappa shape index (κ2) is 9.74. The molecule has 2 aromatic rings.